The number of furan rings is 1. The number of H-pyrrole nitrogens is 1. The maximum Gasteiger partial charge on any atom is 0.120 e. The summed E-state index contributed by atoms with van der Waals surface area (Å²) in [6, 6.07) is 3.71. The van der Waals surface area contributed by atoms with Crippen molar-refractivity contribution in [3.05, 3.63) is 35.5 Å². The lowest BCUT2D eigenvalue weighted by Gasteiger charge is -1.92. The molecule has 0 bridgehead atoms. The van der Waals surface area contributed by atoms with Gasteiger partial charge in [-0.2, -0.15) is 5.10 Å². The summed E-state index contributed by atoms with van der Waals surface area (Å²) in [6.07, 6.45) is 4.99. The summed E-state index contributed by atoms with van der Waals surface area (Å²) >= 11 is 4.92. The van der Waals surface area contributed by atoms with Crippen LogP contribution in [0.15, 0.2) is 35.3 Å². The van der Waals surface area contributed by atoms with E-state index in [4.69, 9.17) is 16.6 Å². The molecule has 2 aromatic rings. The lowest BCUT2D eigenvalue weighted by Crippen LogP contribution is -1.81. The first kappa shape index (κ1) is 7.24. The van der Waals surface area contributed by atoms with Crippen LogP contribution in [0.3, 0.4) is 0 Å². The van der Waals surface area contributed by atoms with Gasteiger partial charge in [0.25, 0.3) is 0 Å². The predicted octanol–water partition coefficient (Wildman–Crippen LogP) is 2.40. The Labute approximate surface area is 74.0 Å². The van der Waals surface area contributed by atoms with Gasteiger partial charge in [-0.05, 0) is 12.1 Å². The molecule has 0 saturated carbocycles. The van der Waals surface area contributed by atoms with Crippen molar-refractivity contribution < 1.29 is 4.42 Å². The summed E-state index contributed by atoms with van der Waals surface area (Å²) in [5.41, 5.74) is 1.95. The Kier molecular flexibility index (Phi) is 1.75. The van der Waals surface area contributed by atoms with E-state index in [9.17, 15) is 0 Å². The van der Waals surface area contributed by atoms with Crippen LogP contribution in [-0.4, -0.2) is 10.2 Å². The van der Waals surface area contributed by atoms with Crippen LogP contribution in [0.1, 0.15) is 0 Å². The summed E-state index contributed by atoms with van der Waals surface area (Å²) in [6.45, 7) is 0. The summed E-state index contributed by atoms with van der Waals surface area (Å²) in [5, 5.41) is 6.54. The van der Waals surface area contributed by atoms with E-state index < -0.39 is 0 Å². The van der Waals surface area contributed by atoms with Crippen molar-refractivity contribution >= 4 is 12.2 Å². The summed E-state index contributed by atoms with van der Waals surface area (Å²) in [5.74, 6) is 0. The number of hydrogen-bond donors (Lipinski definition) is 1. The molecule has 1 N–H and O–H groups in total. The monoisotopic (exact) mass is 178 g/mol. The third kappa shape index (κ3) is 1.29. The maximum atomic E-state index is 4.94. The molecule has 0 amide bonds. The minimum absolute atomic E-state index is 0.619. The minimum Gasteiger partial charge on any atom is -0.472 e. The van der Waals surface area contributed by atoms with Crippen LogP contribution in [0.2, 0.25) is 0 Å². The number of aromatic nitrogens is 2. The van der Waals surface area contributed by atoms with Crippen LogP contribution in [-0.2, 0) is 0 Å². The van der Waals surface area contributed by atoms with Gasteiger partial charge in [-0.1, -0.05) is 12.2 Å². The first-order chi connectivity index (χ1) is 5.86. The standard InChI is InChI=1S/C8H6N2OS/c12-8-3-7(4-9-10-8)6-1-2-11-5-6/h1-5H,(H,10,12). The second-order valence-electron chi connectivity index (χ2n) is 2.35. The summed E-state index contributed by atoms with van der Waals surface area (Å²) in [4.78, 5) is 0. The average molecular weight is 178 g/mol. The molecular formula is C8H6N2OS. The van der Waals surface area contributed by atoms with Crippen molar-refractivity contribution in [1.82, 2.24) is 10.2 Å². The molecule has 2 aromatic heterocycles. The van der Waals surface area contributed by atoms with Gasteiger partial charge in [0.2, 0.25) is 0 Å². The third-order valence-corrected chi connectivity index (χ3v) is 1.73. The first-order valence-corrected chi connectivity index (χ1v) is 3.84. The SMILES string of the molecule is S=c1cc(-c2ccoc2)cn[nH]1. The van der Waals surface area contributed by atoms with Crippen LogP contribution in [0.5, 0.6) is 0 Å². The topological polar surface area (TPSA) is 41.8 Å². The molecule has 0 aliphatic heterocycles. The van der Waals surface area contributed by atoms with Crippen molar-refractivity contribution in [3.8, 4) is 11.1 Å². The highest BCUT2D eigenvalue weighted by Crippen LogP contribution is 2.17. The van der Waals surface area contributed by atoms with Gasteiger partial charge in [-0.3, -0.25) is 5.10 Å². The van der Waals surface area contributed by atoms with E-state index in [-0.39, 0.29) is 0 Å². The molecule has 0 fully saturated rings. The van der Waals surface area contributed by atoms with Gasteiger partial charge in [0, 0.05) is 11.1 Å². The highest BCUT2D eigenvalue weighted by atomic mass is 32.1. The molecule has 0 radical (unpaired) electrons. The Balaban J connectivity index is 2.55. The van der Waals surface area contributed by atoms with Crippen LogP contribution in [0, 0.1) is 4.64 Å². The maximum absolute atomic E-state index is 4.94. The number of nitrogens with zero attached hydrogens (tertiary/aromatic N) is 1. The lowest BCUT2D eigenvalue weighted by atomic mass is 10.2. The van der Waals surface area contributed by atoms with Crippen LogP contribution in [0.4, 0.5) is 0 Å². The van der Waals surface area contributed by atoms with E-state index in [1.54, 1.807) is 18.7 Å². The molecule has 60 valence electrons. The van der Waals surface area contributed by atoms with Gasteiger partial charge in [0.1, 0.15) is 4.64 Å². The number of rotatable bonds is 1. The number of hydrogen-bond acceptors (Lipinski definition) is 3. The van der Waals surface area contributed by atoms with Gasteiger partial charge in [-0.15, -0.1) is 0 Å². The van der Waals surface area contributed by atoms with E-state index in [2.05, 4.69) is 10.2 Å². The Bertz CT molecular complexity index is 419. The molecule has 4 heteroatoms. The van der Waals surface area contributed by atoms with Gasteiger partial charge >= 0.3 is 0 Å². The molecule has 0 aromatic carbocycles. The predicted molar refractivity (Wildman–Crippen MR) is 47.1 cm³/mol. The molecule has 0 unspecified atom stereocenters. The third-order valence-electron chi connectivity index (χ3n) is 1.52. The molecule has 0 aliphatic rings. The number of aromatic amines is 1. The van der Waals surface area contributed by atoms with Crippen LogP contribution < -0.4 is 0 Å². The Morgan fingerprint density at radius 1 is 1.42 bits per heavy atom. The molecule has 0 aliphatic carbocycles. The van der Waals surface area contributed by atoms with Crippen molar-refractivity contribution in [2.75, 3.05) is 0 Å². The second-order valence-corrected chi connectivity index (χ2v) is 2.79. The van der Waals surface area contributed by atoms with Gasteiger partial charge in [0.05, 0.1) is 18.7 Å². The normalized spacial score (nSPS) is 10.0. The van der Waals surface area contributed by atoms with E-state index in [0.717, 1.165) is 11.1 Å². The molecule has 2 rings (SSSR count). The van der Waals surface area contributed by atoms with Gasteiger partial charge in [-0.25, -0.2) is 0 Å². The fraction of sp³-hybridized carbons (Fsp3) is 0. The van der Waals surface area contributed by atoms with Crippen molar-refractivity contribution in [2.45, 2.75) is 0 Å². The Morgan fingerprint density at radius 2 is 2.33 bits per heavy atom. The Morgan fingerprint density at radius 3 is 3.00 bits per heavy atom. The summed E-state index contributed by atoms with van der Waals surface area (Å²) in [7, 11) is 0. The fourth-order valence-electron chi connectivity index (χ4n) is 0.963. The molecule has 0 atom stereocenters. The average Bonchev–Trinajstić information content (AvgIpc) is 2.56. The largest absolute Gasteiger partial charge is 0.472 e. The van der Waals surface area contributed by atoms with Crippen LogP contribution in [0.25, 0.3) is 11.1 Å². The van der Waals surface area contributed by atoms with E-state index in [0.29, 0.717) is 4.64 Å². The zero-order chi connectivity index (χ0) is 8.39. The minimum atomic E-state index is 0.619. The quantitative estimate of drug-likeness (QED) is 0.682. The molecule has 2 heterocycles. The highest BCUT2D eigenvalue weighted by Gasteiger charge is 1.97. The first-order valence-electron chi connectivity index (χ1n) is 3.43. The van der Waals surface area contributed by atoms with Crippen molar-refractivity contribution in [1.29, 1.82) is 0 Å². The lowest BCUT2D eigenvalue weighted by molar-refractivity contribution is 0.568. The van der Waals surface area contributed by atoms with Gasteiger partial charge in [0.15, 0.2) is 0 Å². The van der Waals surface area contributed by atoms with E-state index >= 15 is 0 Å². The van der Waals surface area contributed by atoms with Gasteiger partial charge < -0.3 is 4.42 Å². The summed E-state index contributed by atoms with van der Waals surface area (Å²) < 4.78 is 5.56. The second kappa shape index (κ2) is 2.91. The smallest absolute Gasteiger partial charge is 0.120 e. The van der Waals surface area contributed by atoms with Crippen molar-refractivity contribution in [2.24, 2.45) is 0 Å². The molecule has 12 heavy (non-hydrogen) atoms. The fourth-order valence-corrected chi connectivity index (χ4v) is 1.14. The number of nitrogens with one attached hydrogen (secondary N) is 1. The van der Waals surface area contributed by atoms with E-state index in [1.165, 1.54) is 0 Å². The zero-order valence-corrected chi connectivity index (χ0v) is 6.97. The molecule has 0 spiro atoms. The molecule has 3 nitrogen and oxygen atoms in total. The molecule has 0 saturated heterocycles. The van der Waals surface area contributed by atoms with E-state index in [1.807, 2.05) is 12.1 Å². The molecular weight excluding hydrogens is 172 g/mol. The highest BCUT2D eigenvalue weighted by molar-refractivity contribution is 7.71. The zero-order valence-electron chi connectivity index (χ0n) is 6.15. The Hall–Kier alpha value is -1.42. The van der Waals surface area contributed by atoms with Crippen molar-refractivity contribution in [3.63, 3.8) is 0 Å². The van der Waals surface area contributed by atoms with Crippen LogP contribution >= 0.6 is 12.2 Å².